The minimum Gasteiger partial charge on any atom is -0.207 e. The Morgan fingerprint density at radius 2 is 1.36 bits per heavy atom. The molecule has 0 saturated carbocycles. The largest absolute Gasteiger partial charge is 0.207 e. The summed E-state index contributed by atoms with van der Waals surface area (Å²) in [4.78, 5) is 0. The second kappa shape index (κ2) is 3.58. The van der Waals surface area contributed by atoms with Crippen LogP contribution in [-0.2, 0) is 0 Å². The average molecular weight is 190 g/mol. The SMILES string of the molecule is Fc1ccc(-c2cccc(F)c2)cc1. The maximum absolute atomic E-state index is 12.9. The Bertz CT molecular complexity index is 432. The van der Waals surface area contributed by atoms with Gasteiger partial charge in [0.05, 0.1) is 0 Å². The van der Waals surface area contributed by atoms with Crippen LogP contribution in [-0.4, -0.2) is 0 Å². The zero-order valence-corrected chi connectivity index (χ0v) is 7.37. The molecule has 2 rings (SSSR count). The third-order valence-corrected chi connectivity index (χ3v) is 2.00. The lowest BCUT2D eigenvalue weighted by molar-refractivity contribution is 0.627. The van der Waals surface area contributed by atoms with Crippen molar-refractivity contribution in [3.63, 3.8) is 0 Å². The minimum absolute atomic E-state index is 0.285. The van der Waals surface area contributed by atoms with Gasteiger partial charge < -0.3 is 0 Å². The first-order chi connectivity index (χ1) is 6.75. The molecule has 0 aliphatic rings. The van der Waals surface area contributed by atoms with Gasteiger partial charge in [0.25, 0.3) is 0 Å². The van der Waals surface area contributed by atoms with Crippen LogP contribution < -0.4 is 0 Å². The summed E-state index contributed by atoms with van der Waals surface area (Å²) >= 11 is 0. The predicted octanol–water partition coefficient (Wildman–Crippen LogP) is 3.63. The lowest BCUT2D eigenvalue weighted by Crippen LogP contribution is -1.80. The van der Waals surface area contributed by atoms with E-state index in [9.17, 15) is 8.78 Å². The quantitative estimate of drug-likeness (QED) is 0.644. The fraction of sp³-hybridized carbons (Fsp3) is 0. The molecule has 14 heavy (non-hydrogen) atoms. The maximum Gasteiger partial charge on any atom is 0.123 e. The van der Waals surface area contributed by atoms with E-state index in [1.807, 2.05) is 0 Å². The maximum atomic E-state index is 12.9. The molecule has 0 fully saturated rings. The van der Waals surface area contributed by atoms with E-state index in [0.29, 0.717) is 0 Å². The Balaban J connectivity index is 2.44. The van der Waals surface area contributed by atoms with Crippen molar-refractivity contribution >= 4 is 0 Å². The molecular formula is C12H8F2. The summed E-state index contributed by atoms with van der Waals surface area (Å²) in [7, 11) is 0. The lowest BCUT2D eigenvalue weighted by Gasteiger charge is -2.00. The highest BCUT2D eigenvalue weighted by Gasteiger charge is 1.98. The van der Waals surface area contributed by atoms with Crippen LogP contribution in [0.2, 0.25) is 0 Å². The number of hydrogen-bond acceptors (Lipinski definition) is 0. The van der Waals surface area contributed by atoms with Crippen molar-refractivity contribution in [1.29, 1.82) is 0 Å². The van der Waals surface area contributed by atoms with E-state index >= 15 is 0 Å². The molecule has 0 aliphatic carbocycles. The number of rotatable bonds is 1. The molecule has 0 aliphatic heterocycles. The second-order valence-corrected chi connectivity index (χ2v) is 3.02. The van der Waals surface area contributed by atoms with Gasteiger partial charge >= 0.3 is 0 Å². The Hall–Kier alpha value is -1.70. The average Bonchev–Trinajstić information content (AvgIpc) is 2.19. The van der Waals surface area contributed by atoms with Crippen LogP contribution in [0.15, 0.2) is 48.5 Å². The predicted molar refractivity (Wildman–Crippen MR) is 51.8 cm³/mol. The van der Waals surface area contributed by atoms with E-state index in [0.717, 1.165) is 11.1 Å². The van der Waals surface area contributed by atoms with E-state index in [4.69, 9.17) is 0 Å². The molecule has 70 valence electrons. The molecule has 0 spiro atoms. The van der Waals surface area contributed by atoms with Gasteiger partial charge in [-0.1, -0.05) is 24.3 Å². The summed E-state index contributed by atoms with van der Waals surface area (Å²) in [5, 5.41) is 0. The van der Waals surface area contributed by atoms with Gasteiger partial charge in [0.2, 0.25) is 0 Å². The molecule has 0 heterocycles. The van der Waals surface area contributed by atoms with Crippen molar-refractivity contribution in [1.82, 2.24) is 0 Å². The molecule has 0 unspecified atom stereocenters. The van der Waals surface area contributed by atoms with E-state index in [1.165, 1.54) is 24.3 Å². The van der Waals surface area contributed by atoms with Gasteiger partial charge in [0.15, 0.2) is 0 Å². The monoisotopic (exact) mass is 190 g/mol. The summed E-state index contributed by atoms with van der Waals surface area (Å²) in [6, 6.07) is 12.2. The van der Waals surface area contributed by atoms with Crippen LogP contribution in [0, 0.1) is 11.6 Å². The normalized spacial score (nSPS) is 10.1. The van der Waals surface area contributed by atoms with Crippen molar-refractivity contribution in [2.75, 3.05) is 0 Å². The van der Waals surface area contributed by atoms with E-state index in [-0.39, 0.29) is 11.6 Å². The summed E-state index contributed by atoms with van der Waals surface area (Å²) in [6.07, 6.45) is 0. The minimum atomic E-state index is -0.287. The molecule has 0 bridgehead atoms. The highest BCUT2D eigenvalue weighted by Crippen LogP contribution is 2.19. The molecule has 2 aromatic rings. The van der Waals surface area contributed by atoms with Gasteiger partial charge in [-0.25, -0.2) is 8.78 Å². The third-order valence-electron chi connectivity index (χ3n) is 2.00. The zero-order chi connectivity index (χ0) is 9.97. The molecular weight excluding hydrogens is 182 g/mol. The third kappa shape index (κ3) is 1.79. The van der Waals surface area contributed by atoms with Gasteiger partial charge in [-0.15, -0.1) is 0 Å². The summed E-state index contributed by atoms with van der Waals surface area (Å²) in [6.45, 7) is 0. The van der Waals surface area contributed by atoms with Gasteiger partial charge in [-0.3, -0.25) is 0 Å². The molecule has 0 amide bonds. The number of halogens is 2. The Labute approximate surface area is 80.8 Å². The molecule has 0 radical (unpaired) electrons. The fourth-order valence-electron chi connectivity index (χ4n) is 1.31. The van der Waals surface area contributed by atoms with Crippen LogP contribution in [0.3, 0.4) is 0 Å². The topological polar surface area (TPSA) is 0 Å². The van der Waals surface area contributed by atoms with Crippen molar-refractivity contribution in [3.8, 4) is 11.1 Å². The Morgan fingerprint density at radius 3 is 2.00 bits per heavy atom. The van der Waals surface area contributed by atoms with Crippen LogP contribution >= 0.6 is 0 Å². The molecule has 0 saturated heterocycles. The van der Waals surface area contributed by atoms with E-state index < -0.39 is 0 Å². The molecule has 0 nitrogen and oxygen atoms in total. The number of hydrogen-bond donors (Lipinski definition) is 0. The number of benzene rings is 2. The molecule has 2 heteroatoms. The van der Waals surface area contributed by atoms with Crippen LogP contribution in [0.4, 0.5) is 8.78 Å². The Kier molecular flexibility index (Phi) is 2.27. The summed E-state index contributed by atoms with van der Waals surface area (Å²) in [5.41, 5.74) is 1.57. The zero-order valence-electron chi connectivity index (χ0n) is 7.37. The standard InChI is InChI=1S/C12H8F2/c13-11-6-4-9(5-7-11)10-2-1-3-12(14)8-10/h1-8H. The molecule has 0 aromatic heterocycles. The highest BCUT2D eigenvalue weighted by molar-refractivity contribution is 5.63. The first-order valence-corrected chi connectivity index (χ1v) is 4.27. The first-order valence-electron chi connectivity index (χ1n) is 4.27. The van der Waals surface area contributed by atoms with Crippen molar-refractivity contribution < 1.29 is 8.78 Å². The highest BCUT2D eigenvalue weighted by atomic mass is 19.1. The van der Waals surface area contributed by atoms with Crippen LogP contribution in [0.5, 0.6) is 0 Å². The van der Waals surface area contributed by atoms with Crippen molar-refractivity contribution in [2.24, 2.45) is 0 Å². The fourth-order valence-corrected chi connectivity index (χ4v) is 1.31. The van der Waals surface area contributed by atoms with Gasteiger partial charge in [0.1, 0.15) is 11.6 Å². The molecule has 0 N–H and O–H groups in total. The lowest BCUT2D eigenvalue weighted by atomic mass is 10.1. The Morgan fingerprint density at radius 1 is 0.643 bits per heavy atom. The smallest absolute Gasteiger partial charge is 0.123 e. The van der Waals surface area contributed by atoms with Gasteiger partial charge in [0, 0.05) is 0 Å². The molecule has 0 atom stereocenters. The van der Waals surface area contributed by atoms with E-state index in [2.05, 4.69) is 0 Å². The molecule has 2 aromatic carbocycles. The second-order valence-electron chi connectivity index (χ2n) is 3.02. The first kappa shape index (κ1) is 8.88. The van der Waals surface area contributed by atoms with Crippen molar-refractivity contribution in [2.45, 2.75) is 0 Å². The van der Waals surface area contributed by atoms with Crippen LogP contribution in [0.1, 0.15) is 0 Å². The van der Waals surface area contributed by atoms with E-state index in [1.54, 1.807) is 24.3 Å². The van der Waals surface area contributed by atoms with Crippen molar-refractivity contribution in [3.05, 3.63) is 60.2 Å². The van der Waals surface area contributed by atoms with Crippen LogP contribution in [0.25, 0.3) is 11.1 Å². The van der Waals surface area contributed by atoms with Gasteiger partial charge in [-0.2, -0.15) is 0 Å². The summed E-state index contributed by atoms with van der Waals surface area (Å²) in [5.74, 6) is -0.572. The summed E-state index contributed by atoms with van der Waals surface area (Å²) < 4.78 is 25.5. The van der Waals surface area contributed by atoms with Gasteiger partial charge in [-0.05, 0) is 35.4 Å².